The van der Waals surface area contributed by atoms with Gasteiger partial charge in [-0.05, 0) is 36.1 Å². The second-order valence-electron chi connectivity index (χ2n) is 7.08. The number of nitrogens with zero attached hydrogens (tertiary/aromatic N) is 2. The minimum absolute atomic E-state index is 0.0243. The topological polar surface area (TPSA) is 61.2 Å². The van der Waals surface area contributed by atoms with E-state index >= 15 is 0 Å². The molecule has 0 saturated carbocycles. The lowest BCUT2D eigenvalue weighted by Crippen LogP contribution is -2.25. The van der Waals surface area contributed by atoms with Gasteiger partial charge in [-0.1, -0.05) is 55.8 Å². The number of esters is 1. The maximum Gasteiger partial charge on any atom is 0.338 e. The molecule has 0 radical (unpaired) electrons. The second-order valence-corrected chi connectivity index (χ2v) is 7.08. The summed E-state index contributed by atoms with van der Waals surface area (Å²) in [5, 5.41) is 0. The number of aromatic nitrogens is 2. The fraction of sp³-hybridized carbons (Fsp3) is 0.292. The average molecular weight is 390 g/mol. The van der Waals surface area contributed by atoms with Crippen molar-refractivity contribution in [3.05, 3.63) is 87.6 Å². The van der Waals surface area contributed by atoms with E-state index < -0.39 is 0 Å². The molecule has 0 aliphatic heterocycles. The van der Waals surface area contributed by atoms with Crippen molar-refractivity contribution in [2.75, 3.05) is 7.11 Å². The van der Waals surface area contributed by atoms with Gasteiger partial charge in [0.25, 0.3) is 5.56 Å². The van der Waals surface area contributed by atoms with Gasteiger partial charge in [-0.15, -0.1) is 0 Å². The van der Waals surface area contributed by atoms with Gasteiger partial charge in [0.05, 0.1) is 19.2 Å². The molecule has 1 heterocycles. The first-order valence-electron chi connectivity index (χ1n) is 9.87. The predicted octanol–water partition coefficient (Wildman–Crippen LogP) is 4.40. The molecule has 0 bridgehead atoms. The first kappa shape index (κ1) is 20.5. The molecule has 5 nitrogen and oxygen atoms in total. The molecule has 0 spiro atoms. The van der Waals surface area contributed by atoms with Crippen molar-refractivity contribution >= 4 is 5.97 Å². The van der Waals surface area contributed by atoms with E-state index in [0.29, 0.717) is 12.1 Å². The smallest absolute Gasteiger partial charge is 0.338 e. The minimum atomic E-state index is -0.359. The molecule has 29 heavy (non-hydrogen) atoms. The average Bonchev–Trinajstić information content (AvgIpc) is 2.74. The summed E-state index contributed by atoms with van der Waals surface area (Å²) in [6, 6.07) is 16.9. The molecule has 0 saturated heterocycles. The number of benzene rings is 2. The number of hydrogen-bond acceptors (Lipinski definition) is 4. The Morgan fingerprint density at radius 2 is 1.83 bits per heavy atom. The number of aryl methyl sites for hydroxylation is 2. The second kappa shape index (κ2) is 9.32. The fourth-order valence-electron chi connectivity index (χ4n) is 3.37. The highest BCUT2D eigenvalue weighted by atomic mass is 16.5. The van der Waals surface area contributed by atoms with Crippen LogP contribution in [0.1, 0.15) is 47.2 Å². The van der Waals surface area contributed by atoms with Crippen molar-refractivity contribution in [1.29, 1.82) is 0 Å². The summed E-state index contributed by atoms with van der Waals surface area (Å²) >= 11 is 0. The number of ether oxygens (including phenoxy) is 1. The predicted molar refractivity (Wildman–Crippen MR) is 114 cm³/mol. The summed E-state index contributed by atoms with van der Waals surface area (Å²) in [7, 11) is 1.38. The molecule has 0 N–H and O–H groups in total. The van der Waals surface area contributed by atoms with Gasteiger partial charge in [0.1, 0.15) is 5.82 Å². The quantitative estimate of drug-likeness (QED) is 0.561. The lowest BCUT2D eigenvalue weighted by molar-refractivity contribution is 0.0601. The Balaban J connectivity index is 1.90. The van der Waals surface area contributed by atoms with E-state index in [1.54, 1.807) is 16.7 Å². The number of hydrogen-bond donors (Lipinski definition) is 0. The van der Waals surface area contributed by atoms with Crippen molar-refractivity contribution in [3.63, 3.8) is 0 Å². The highest BCUT2D eigenvalue weighted by Gasteiger charge is 2.13. The van der Waals surface area contributed by atoms with Crippen LogP contribution in [0.2, 0.25) is 0 Å². The van der Waals surface area contributed by atoms with Gasteiger partial charge in [-0.2, -0.15) is 0 Å². The summed E-state index contributed by atoms with van der Waals surface area (Å²) in [6.07, 6.45) is 2.84. The number of unbranched alkanes of at least 4 members (excludes halogenated alkanes) is 1. The molecule has 0 atom stereocenters. The summed E-state index contributed by atoms with van der Waals surface area (Å²) in [5.74, 6) is 0.472. The summed E-state index contributed by atoms with van der Waals surface area (Å²) in [5.41, 5.74) is 4.02. The lowest BCUT2D eigenvalue weighted by Gasteiger charge is -2.13. The van der Waals surface area contributed by atoms with E-state index in [-0.39, 0.29) is 11.5 Å². The van der Waals surface area contributed by atoms with Crippen molar-refractivity contribution in [2.24, 2.45) is 0 Å². The zero-order valence-electron chi connectivity index (χ0n) is 17.1. The Hall–Kier alpha value is -3.21. The van der Waals surface area contributed by atoms with Crippen molar-refractivity contribution in [1.82, 2.24) is 9.55 Å². The van der Waals surface area contributed by atoms with Gasteiger partial charge in [-0.25, -0.2) is 9.78 Å². The van der Waals surface area contributed by atoms with Gasteiger partial charge in [0.15, 0.2) is 0 Å². The standard InChI is InChI=1S/C24H26N2O3/c1-4-5-10-22-25-17(2)15-23(27)26(22)16-18-11-13-19(14-12-18)20-8-6-7-9-21(20)24(28)29-3/h6-9,11-15H,4-5,10,16H2,1-3H3. The Morgan fingerprint density at radius 3 is 2.52 bits per heavy atom. The van der Waals surface area contributed by atoms with E-state index in [4.69, 9.17) is 4.74 Å². The van der Waals surface area contributed by atoms with Crippen LogP contribution in [0.3, 0.4) is 0 Å². The van der Waals surface area contributed by atoms with E-state index in [1.807, 2.05) is 49.4 Å². The van der Waals surface area contributed by atoms with Crippen molar-refractivity contribution < 1.29 is 9.53 Å². The zero-order valence-corrected chi connectivity index (χ0v) is 17.1. The van der Waals surface area contributed by atoms with Crippen LogP contribution in [0.5, 0.6) is 0 Å². The third-order valence-corrected chi connectivity index (χ3v) is 4.91. The van der Waals surface area contributed by atoms with E-state index in [0.717, 1.165) is 47.5 Å². The number of methoxy groups -OCH3 is 1. The third-order valence-electron chi connectivity index (χ3n) is 4.91. The molecule has 0 aliphatic rings. The Kier molecular flexibility index (Phi) is 6.60. The van der Waals surface area contributed by atoms with E-state index in [9.17, 15) is 9.59 Å². The van der Waals surface area contributed by atoms with Crippen LogP contribution < -0.4 is 5.56 Å². The van der Waals surface area contributed by atoms with Crippen LogP contribution >= 0.6 is 0 Å². The molecule has 3 rings (SSSR count). The Bertz CT molecular complexity index is 1050. The molecule has 0 amide bonds. The van der Waals surface area contributed by atoms with Crippen molar-refractivity contribution in [2.45, 2.75) is 39.7 Å². The van der Waals surface area contributed by atoms with Crippen molar-refractivity contribution in [3.8, 4) is 11.1 Å². The lowest BCUT2D eigenvalue weighted by atomic mass is 9.98. The van der Waals surface area contributed by atoms with Crippen LogP contribution in [0.4, 0.5) is 0 Å². The van der Waals surface area contributed by atoms with Gasteiger partial charge in [0.2, 0.25) is 0 Å². The first-order chi connectivity index (χ1) is 14.0. The maximum absolute atomic E-state index is 12.5. The van der Waals surface area contributed by atoms with Gasteiger partial charge < -0.3 is 4.74 Å². The van der Waals surface area contributed by atoms with Crippen LogP contribution in [-0.4, -0.2) is 22.6 Å². The molecular formula is C24H26N2O3. The first-order valence-corrected chi connectivity index (χ1v) is 9.87. The number of carbonyl (C=O) groups is 1. The molecule has 0 unspecified atom stereocenters. The molecule has 150 valence electrons. The normalized spacial score (nSPS) is 10.7. The molecule has 0 aliphatic carbocycles. The summed E-state index contributed by atoms with van der Waals surface area (Å²) in [4.78, 5) is 29.2. The fourth-order valence-corrected chi connectivity index (χ4v) is 3.37. The number of rotatable bonds is 7. The molecule has 1 aromatic heterocycles. The number of carbonyl (C=O) groups excluding carboxylic acids is 1. The minimum Gasteiger partial charge on any atom is -0.465 e. The van der Waals surface area contributed by atoms with Crippen LogP contribution in [0, 0.1) is 6.92 Å². The largest absolute Gasteiger partial charge is 0.465 e. The summed E-state index contributed by atoms with van der Waals surface area (Å²) in [6.45, 7) is 4.46. The summed E-state index contributed by atoms with van der Waals surface area (Å²) < 4.78 is 6.64. The monoisotopic (exact) mass is 390 g/mol. The third kappa shape index (κ3) is 4.80. The molecule has 3 aromatic rings. The molecule has 5 heteroatoms. The molecule has 2 aromatic carbocycles. The highest BCUT2D eigenvalue weighted by molar-refractivity contribution is 5.97. The van der Waals surface area contributed by atoms with Crippen LogP contribution in [0.25, 0.3) is 11.1 Å². The van der Waals surface area contributed by atoms with E-state index in [1.165, 1.54) is 7.11 Å². The Morgan fingerprint density at radius 1 is 1.10 bits per heavy atom. The zero-order chi connectivity index (χ0) is 20.8. The molecular weight excluding hydrogens is 364 g/mol. The SMILES string of the molecule is CCCCc1nc(C)cc(=O)n1Cc1ccc(-c2ccccc2C(=O)OC)cc1. The maximum atomic E-state index is 12.5. The Labute approximate surface area is 171 Å². The van der Waals surface area contributed by atoms with Gasteiger partial charge >= 0.3 is 5.97 Å². The van der Waals surface area contributed by atoms with Gasteiger partial charge in [0, 0.05) is 18.2 Å². The van der Waals surface area contributed by atoms with Gasteiger partial charge in [-0.3, -0.25) is 9.36 Å². The highest BCUT2D eigenvalue weighted by Crippen LogP contribution is 2.25. The van der Waals surface area contributed by atoms with E-state index in [2.05, 4.69) is 11.9 Å². The van der Waals surface area contributed by atoms with Crippen LogP contribution in [0.15, 0.2) is 59.4 Å². The van der Waals surface area contributed by atoms with Crippen LogP contribution in [-0.2, 0) is 17.7 Å². The molecule has 0 fully saturated rings.